The fourth-order valence-corrected chi connectivity index (χ4v) is 4.72. The summed E-state index contributed by atoms with van der Waals surface area (Å²) in [6, 6.07) is 7.24. The van der Waals surface area contributed by atoms with Crippen LogP contribution in [0.1, 0.15) is 39.7 Å². The molecule has 1 aliphatic rings. The Morgan fingerprint density at radius 3 is 2.83 bits per heavy atom. The molecule has 0 fully saturated rings. The van der Waals surface area contributed by atoms with E-state index in [0.29, 0.717) is 21.5 Å². The van der Waals surface area contributed by atoms with Crippen molar-refractivity contribution in [1.82, 2.24) is 0 Å². The number of carbonyl (C=O) groups is 2. The maximum absolute atomic E-state index is 12.4. The van der Waals surface area contributed by atoms with E-state index in [1.807, 2.05) is 18.2 Å². The summed E-state index contributed by atoms with van der Waals surface area (Å²) in [7, 11) is 0. The summed E-state index contributed by atoms with van der Waals surface area (Å²) in [5.41, 5.74) is 7.82. The van der Waals surface area contributed by atoms with Gasteiger partial charge in [0, 0.05) is 9.90 Å². The second-order valence-electron chi connectivity index (χ2n) is 6.24. The minimum Gasteiger partial charge on any atom is -0.365 e. The Labute approximate surface area is 150 Å². The van der Waals surface area contributed by atoms with E-state index < -0.39 is 5.91 Å². The summed E-state index contributed by atoms with van der Waals surface area (Å²) in [5, 5.41) is 3.99. The lowest BCUT2D eigenvalue weighted by Crippen LogP contribution is -2.20. The molecule has 6 heteroatoms. The second kappa shape index (κ2) is 6.95. The number of fused-ring (bicyclic) bond motifs is 1. The molecule has 0 saturated heterocycles. The van der Waals surface area contributed by atoms with Crippen LogP contribution in [-0.2, 0) is 24.1 Å². The normalized spacial score (nSPS) is 16.5. The third-order valence-corrected chi connectivity index (χ3v) is 5.86. The van der Waals surface area contributed by atoms with E-state index in [2.05, 4.69) is 12.2 Å². The Balaban J connectivity index is 1.83. The Kier molecular flexibility index (Phi) is 4.92. The van der Waals surface area contributed by atoms with Gasteiger partial charge in [-0.2, -0.15) is 0 Å². The summed E-state index contributed by atoms with van der Waals surface area (Å²) in [5.74, 6) is -0.0871. The molecule has 126 valence electrons. The number of anilines is 1. The summed E-state index contributed by atoms with van der Waals surface area (Å²) < 4.78 is 0. The molecule has 0 radical (unpaired) electrons. The molecule has 0 saturated carbocycles. The molecule has 1 aromatic carbocycles. The van der Waals surface area contributed by atoms with E-state index in [9.17, 15) is 9.59 Å². The predicted octanol–water partition coefficient (Wildman–Crippen LogP) is 3.81. The predicted molar refractivity (Wildman–Crippen MR) is 97.8 cm³/mol. The number of nitrogens with two attached hydrogens (primary N) is 1. The highest BCUT2D eigenvalue weighted by Gasteiger charge is 2.27. The number of carbonyl (C=O) groups excluding carboxylic acids is 2. The van der Waals surface area contributed by atoms with Crippen LogP contribution in [0.5, 0.6) is 0 Å². The van der Waals surface area contributed by atoms with Crippen molar-refractivity contribution in [2.24, 2.45) is 11.7 Å². The molecule has 1 unspecified atom stereocenters. The average Bonchev–Trinajstić information content (AvgIpc) is 2.86. The van der Waals surface area contributed by atoms with Crippen LogP contribution >= 0.6 is 22.9 Å². The quantitative estimate of drug-likeness (QED) is 0.868. The van der Waals surface area contributed by atoms with Crippen LogP contribution in [-0.4, -0.2) is 11.8 Å². The molecule has 3 rings (SSSR count). The molecule has 1 atom stereocenters. The van der Waals surface area contributed by atoms with Crippen LogP contribution in [0.4, 0.5) is 5.00 Å². The standard InChI is InChI=1S/C18H19ClN2O2S/c1-10-6-7-12-14(8-10)24-18(16(12)17(20)23)21-15(22)9-11-4-2-3-5-13(11)19/h2-5,10H,6-9H2,1H3,(H2,20,23)(H,21,22). The van der Waals surface area contributed by atoms with Gasteiger partial charge >= 0.3 is 0 Å². The Hall–Kier alpha value is -1.85. The number of primary amides is 1. The maximum atomic E-state index is 12.4. The lowest BCUT2D eigenvalue weighted by molar-refractivity contribution is -0.115. The summed E-state index contributed by atoms with van der Waals surface area (Å²) >= 11 is 7.57. The van der Waals surface area contributed by atoms with Gasteiger partial charge in [-0.1, -0.05) is 36.7 Å². The number of thiophene rings is 1. The van der Waals surface area contributed by atoms with Crippen molar-refractivity contribution in [3.63, 3.8) is 0 Å². The smallest absolute Gasteiger partial charge is 0.251 e. The first-order valence-electron chi connectivity index (χ1n) is 7.93. The molecule has 2 amide bonds. The molecule has 24 heavy (non-hydrogen) atoms. The highest BCUT2D eigenvalue weighted by atomic mass is 35.5. The van der Waals surface area contributed by atoms with E-state index in [4.69, 9.17) is 17.3 Å². The summed E-state index contributed by atoms with van der Waals surface area (Å²) in [4.78, 5) is 25.4. The van der Waals surface area contributed by atoms with E-state index in [1.165, 1.54) is 11.3 Å². The van der Waals surface area contributed by atoms with Crippen molar-refractivity contribution < 1.29 is 9.59 Å². The van der Waals surface area contributed by atoms with Crippen molar-refractivity contribution in [1.29, 1.82) is 0 Å². The maximum Gasteiger partial charge on any atom is 0.251 e. The number of hydrogen-bond donors (Lipinski definition) is 2. The van der Waals surface area contributed by atoms with Crippen molar-refractivity contribution >= 4 is 39.8 Å². The highest BCUT2D eigenvalue weighted by Crippen LogP contribution is 2.39. The molecule has 0 spiro atoms. The van der Waals surface area contributed by atoms with Crippen molar-refractivity contribution in [3.8, 4) is 0 Å². The zero-order chi connectivity index (χ0) is 17.3. The third kappa shape index (κ3) is 3.47. The van der Waals surface area contributed by atoms with Crippen LogP contribution in [0.2, 0.25) is 5.02 Å². The van der Waals surface area contributed by atoms with Crippen LogP contribution in [0.15, 0.2) is 24.3 Å². The number of halogens is 1. The topological polar surface area (TPSA) is 72.2 Å². The zero-order valence-electron chi connectivity index (χ0n) is 13.4. The van der Waals surface area contributed by atoms with Crippen LogP contribution in [0, 0.1) is 5.92 Å². The number of hydrogen-bond acceptors (Lipinski definition) is 3. The zero-order valence-corrected chi connectivity index (χ0v) is 15.0. The molecular weight excluding hydrogens is 344 g/mol. The van der Waals surface area contributed by atoms with Crippen LogP contribution < -0.4 is 11.1 Å². The number of rotatable bonds is 4. The van der Waals surface area contributed by atoms with Gasteiger partial charge in [0.25, 0.3) is 5.91 Å². The van der Waals surface area contributed by atoms with Gasteiger partial charge in [0.2, 0.25) is 5.91 Å². The van der Waals surface area contributed by atoms with Gasteiger partial charge in [0.15, 0.2) is 0 Å². The minimum atomic E-state index is -0.477. The van der Waals surface area contributed by atoms with Crippen molar-refractivity contribution in [2.45, 2.75) is 32.6 Å². The van der Waals surface area contributed by atoms with Crippen molar-refractivity contribution in [2.75, 3.05) is 5.32 Å². The van der Waals surface area contributed by atoms with Gasteiger partial charge in [-0.05, 0) is 42.4 Å². The fraction of sp³-hybridized carbons (Fsp3) is 0.333. The van der Waals surface area contributed by atoms with Gasteiger partial charge in [-0.3, -0.25) is 9.59 Å². The first-order valence-corrected chi connectivity index (χ1v) is 9.12. The summed E-state index contributed by atoms with van der Waals surface area (Å²) in [6.45, 7) is 2.20. The third-order valence-electron chi connectivity index (χ3n) is 4.32. The first kappa shape index (κ1) is 17.0. The number of amides is 2. The van der Waals surface area contributed by atoms with Gasteiger partial charge in [0.1, 0.15) is 5.00 Å². The molecule has 4 nitrogen and oxygen atoms in total. The second-order valence-corrected chi connectivity index (χ2v) is 7.75. The molecule has 1 aliphatic carbocycles. The van der Waals surface area contributed by atoms with Crippen LogP contribution in [0.25, 0.3) is 0 Å². The highest BCUT2D eigenvalue weighted by molar-refractivity contribution is 7.17. The van der Waals surface area contributed by atoms with Gasteiger partial charge in [0.05, 0.1) is 12.0 Å². The lowest BCUT2D eigenvalue weighted by Gasteiger charge is -2.18. The molecule has 3 N–H and O–H groups in total. The Bertz CT molecular complexity index is 800. The van der Waals surface area contributed by atoms with E-state index >= 15 is 0 Å². The number of benzene rings is 1. The van der Waals surface area contributed by atoms with E-state index in [0.717, 1.165) is 35.3 Å². The summed E-state index contributed by atoms with van der Waals surface area (Å²) in [6.07, 6.45) is 2.97. The molecule has 1 heterocycles. The molecule has 2 aromatic rings. The molecular formula is C18H19ClN2O2S. The molecule has 1 aromatic heterocycles. The number of nitrogens with one attached hydrogen (secondary N) is 1. The van der Waals surface area contributed by atoms with Crippen molar-refractivity contribution in [3.05, 3.63) is 50.9 Å². The van der Waals surface area contributed by atoms with Gasteiger partial charge < -0.3 is 11.1 Å². The first-order chi connectivity index (χ1) is 11.5. The Morgan fingerprint density at radius 2 is 2.12 bits per heavy atom. The van der Waals surface area contributed by atoms with E-state index in [1.54, 1.807) is 6.07 Å². The monoisotopic (exact) mass is 362 g/mol. The van der Waals surface area contributed by atoms with E-state index in [-0.39, 0.29) is 12.3 Å². The van der Waals surface area contributed by atoms with Crippen LogP contribution in [0.3, 0.4) is 0 Å². The molecule has 0 bridgehead atoms. The largest absolute Gasteiger partial charge is 0.365 e. The van der Waals surface area contributed by atoms with Gasteiger partial charge in [-0.25, -0.2) is 0 Å². The molecule has 0 aliphatic heterocycles. The average molecular weight is 363 g/mol. The van der Waals surface area contributed by atoms with Gasteiger partial charge in [-0.15, -0.1) is 11.3 Å². The Morgan fingerprint density at radius 1 is 1.38 bits per heavy atom. The lowest BCUT2D eigenvalue weighted by atomic mass is 9.88. The minimum absolute atomic E-state index is 0.164. The SMILES string of the molecule is CC1CCc2c(sc(NC(=O)Cc3ccccc3Cl)c2C(N)=O)C1. The fourth-order valence-electron chi connectivity index (χ4n) is 3.09.